The van der Waals surface area contributed by atoms with Crippen molar-refractivity contribution in [3.8, 4) is 0 Å². The topological polar surface area (TPSA) is 69.7 Å². The molecule has 5 nitrogen and oxygen atoms in total. The average Bonchev–Trinajstić information content (AvgIpc) is 2.13. The fourth-order valence-corrected chi connectivity index (χ4v) is 1.77. The quantitative estimate of drug-likeness (QED) is 0.383. The van der Waals surface area contributed by atoms with E-state index in [-0.39, 0.29) is 0 Å². The van der Waals surface area contributed by atoms with Crippen LogP contribution >= 0.6 is 8.03 Å². The van der Waals surface area contributed by atoms with Gasteiger partial charge >= 0.3 is 19.8 Å². The third-order valence-electron chi connectivity index (χ3n) is 1.53. The molecule has 0 aromatic rings. The Bertz CT molecular complexity index is 251. The van der Waals surface area contributed by atoms with E-state index in [2.05, 4.69) is 4.74 Å². The van der Waals surface area contributed by atoms with Gasteiger partial charge in [0, 0.05) is 13.8 Å². The van der Waals surface area contributed by atoms with Crippen LogP contribution in [-0.4, -0.2) is 24.2 Å². The van der Waals surface area contributed by atoms with E-state index in [4.69, 9.17) is 4.52 Å². The molecule has 0 heterocycles. The first-order valence-corrected chi connectivity index (χ1v) is 6.00. The molecular formula is C9H16O5P+. The minimum absolute atomic E-state index is 0.302. The van der Waals surface area contributed by atoms with Gasteiger partial charge in [-0.25, -0.2) is 0 Å². The number of ether oxygens (including phenoxy) is 1. The van der Waals surface area contributed by atoms with Crippen LogP contribution in [0, 0.1) is 0 Å². The van der Waals surface area contributed by atoms with E-state index < -0.39 is 25.6 Å². The summed E-state index contributed by atoms with van der Waals surface area (Å²) in [6.07, 6.45) is 1.66. The highest BCUT2D eigenvalue weighted by Crippen LogP contribution is 2.31. The molecule has 0 aliphatic carbocycles. The van der Waals surface area contributed by atoms with Crippen LogP contribution in [-0.2, 0) is 23.4 Å². The first-order valence-electron chi connectivity index (χ1n) is 4.76. The Morgan fingerprint density at radius 1 is 1.33 bits per heavy atom. The van der Waals surface area contributed by atoms with Crippen LogP contribution in [0.15, 0.2) is 0 Å². The van der Waals surface area contributed by atoms with Gasteiger partial charge in [0.2, 0.25) is 5.78 Å². The van der Waals surface area contributed by atoms with Crippen LogP contribution < -0.4 is 0 Å². The van der Waals surface area contributed by atoms with E-state index >= 15 is 0 Å². The molecule has 0 aromatic heterocycles. The number of hydrogen-bond donors (Lipinski definition) is 0. The van der Waals surface area contributed by atoms with Gasteiger partial charge in [0.25, 0.3) is 0 Å². The highest BCUT2D eigenvalue weighted by molar-refractivity contribution is 7.41. The van der Waals surface area contributed by atoms with Gasteiger partial charge in [-0.2, -0.15) is 0 Å². The summed E-state index contributed by atoms with van der Waals surface area (Å²) in [5.41, 5.74) is 0. The first-order chi connectivity index (χ1) is 6.99. The lowest BCUT2D eigenvalue weighted by Crippen LogP contribution is -2.21. The molecule has 2 atom stereocenters. The summed E-state index contributed by atoms with van der Waals surface area (Å²) < 4.78 is 20.9. The molecule has 0 radical (unpaired) electrons. The summed E-state index contributed by atoms with van der Waals surface area (Å²) in [6.45, 7) is 4.64. The summed E-state index contributed by atoms with van der Waals surface area (Å²) >= 11 is 0. The zero-order valence-electron chi connectivity index (χ0n) is 9.19. The van der Waals surface area contributed by atoms with Crippen molar-refractivity contribution in [2.45, 2.75) is 39.5 Å². The molecule has 0 rings (SSSR count). The maximum absolute atomic E-state index is 11.4. The highest BCUT2D eigenvalue weighted by Gasteiger charge is 2.40. The predicted molar refractivity (Wildman–Crippen MR) is 54.7 cm³/mol. The Morgan fingerprint density at radius 3 is 2.33 bits per heavy atom. The van der Waals surface area contributed by atoms with Crippen molar-refractivity contribution >= 4 is 19.8 Å². The Hall–Kier alpha value is -0.800. The Labute approximate surface area is 90.0 Å². The molecule has 0 saturated carbocycles. The van der Waals surface area contributed by atoms with E-state index in [0.717, 1.165) is 19.8 Å². The largest absolute Gasteiger partial charge is 0.562 e. The number of hydrogen-bond acceptors (Lipinski definition) is 5. The van der Waals surface area contributed by atoms with E-state index in [1.165, 1.54) is 6.92 Å². The van der Waals surface area contributed by atoms with Crippen molar-refractivity contribution in [3.05, 3.63) is 0 Å². The molecule has 15 heavy (non-hydrogen) atoms. The first kappa shape index (κ1) is 14.2. The molecule has 0 amide bonds. The molecule has 0 fully saturated rings. The van der Waals surface area contributed by atoms with Gasteiger partial charge in [0.05, 0.1) is 0 Å². The van der Waals surface area contributed by atoms with E-state index in [9.17, 15) is 14.2 Å². The second-order valence-electron chi connectivity index (χ2n) is 3.04. The summed E-state index contributed by atoms with van der Waals surface area (Å²) in [7, 11) is -2.27. The van der Waals surface area contributed by atoms with Gasteiger partial charge in [-0.1, -0.05) is 13.3 Å². The Kier molecular flexibility index (Phi) is 7.09. The van der Waals surface area contributed by atoms with Crippen molar-refractivity contribution in [2.24, 2.45) is 0 Å². The normalized spacial score (nSPS) is 13.1. The lowest BCUT2D eigenvalue weighted by atomic mass is 10.4. The molecular weight excluding hydrogens is 219 g/mol. The standard InChI is InChI=1S/C9H16O5P/c1-4-5-6-13-15(12)9(7(2)10)14-8(3)11/h9H,4-6H2,1-3H3/q+1. The van der Waals surface area contributed by atoms with Gasteiger partial charge in [0.1, 0.15) is 6.61 Å². The molecule has 0 aromatic carbocycles. The third kappa shape index (κ3) is 6.31. The smallest absolute Gasteiger partial charge is 0.408 e. The van der Waals surface area contributed by atoms with Crippen molar-refractivity contribution < 1.29 is 23.4 Å². The zero-order valence-corrected chi connectivity index (χ0v) is 10.1. The molecule has 0 spiro atoms. The monoisotopic (exact) mass is 235 g/mol. The van der Waals surface area contributed by atoms with Gasteiger partial charge in [-0.15, -0.1) is 4.52 Å². The minimum Gasteiger partial charge on any atom is -0.408 e. The van der Waals surface area contributed by atoms with Gasteiger partial charge in [0.15, 0.2) is 0 Å². The fourth-order valence-electron chi connectivity index (χ4n) is 0.798. The lowest BCUT2D eigenvalue weighted by molar-refractivity contribution is -0.148. The summed E-state index contributed by atoms with van der Waals surface area (Å²) in [6, 6.07) is 0. The van der Waals surface area contributed by atoms with Crippen LogP contribution in [0.4, 0.5) is 0 Å². The molecule has 0 saturated heterocycles. The van der Waals surface area contributed by atoms with E-state index in [1.54, 1.807) is 0 Å². The van der Waals surface area contributed by atoms with Crippen LogP contribution in [0.5, 0.6) is 0 Å². The number of rotatable bonds is 7. The van der Waals surface area contributed by atoms with Crippen molar-refractivity contribution in [1.29, 1.82) is 0 Å². The third-order valence-corrected chi connectivity index (χ3v) is 2.82. The van der Waals surface area contributed by atoms with Gasteiger partial charge < -0.3 is 4.74 Å². The molecule has 0 aliphatic heterocycles. The van der Waals surface area contributed by atoms with Crippen molar-refractivity contribution in [2.75, 3.05) is 6.61 Å². The SMILES string of the molecule is CCCCO[P+](=O)C(OC(C)=O)C(C)=O. The number of carbonyl (C=O) groups is 2. The number of ketones is 1. The maximum Gasteiger partial charge on any atom is 0.562 e. The summed E-state index contributed by atoms with van der Waals surface area (Å²) in [4.78, 5) is 21.6. The van der Waals surface area contributed by atoms with Crippen LogP contribution in [0.3, 0.4) is 0 Å². The molecule has 0 bridgehead atoms. The zero-order chi connectivity index (χ0) is 11.8. The number of esters is 1. The predicted octanol–water partition coefficient (Wildman–Crippen LogP) is 2.02. The second kappa shape index (κ2) is 7.49. The summed E-state index contributed by atoms with van der Waals surface area (Å²) in [5, 5.41) is 0. The molecule has 0 aliphatic rings. The van der Waals surface area contributed by atoms with E-state index in [0.29, 0.717) is 6.61 Å². The molecule has 0 N–H and O–H groups in total. The second-order valence-corrected chi connectivity index (χ2v) is 4.34. The summed E-state index contributed by atoms with van der Waals surface area (Å²) in [5.74, 6) is -2.38. The fraction of sp³-hybridized carbons (Fsp3) is 0.778. The minimum atomic E-state index is -2.27. The Balaban J connectivity index is 4.17. The van der Waals surface area contributed by atoms with Crippen LogP contribution in [0.1, 0.15) is 33.6 Å². The molecule has 2 unspecified atom stereocenters. The van der Waals surface area contributed by atoms with Gasteiger partial charge in [-0.3, -0.25) is 9.59 Å². The van der Waals surface area contributed by atoms with Crippen molar-refractivity contribution in [1.82, 2.24) is 0 Å². The van der Waals surface area contributed by atoms with Crippen molar-refractivity contribution in [3.63, 3.8) is 0 Å². The van der Waals surface area contributed by atoms with E-state index in [1.807, 2.05) is 6.92 Å². The Morgan fingerprint density at radius 2 is 1.93 bits per heavy atom. The van der Waals surface area contributed by atoms with Crippen LogP contribution in [0.2, 0.25) is 0 Å². The van der Waals surface area contributed by atoms with Crippen LogP contribution in [0.25, 0.3) is 0 Å². The molecule has 86 valence electrons. The average molecular weight is 235 g/mol. The lowest BCUT2D eigenvalue weighted by Gasteiger charge is -2.02. The molecule has 6 heteroatoms. The number of carbonyl (C=O) groups excluding carboxylic acids is 2. The number of Topliss-reactive ketones (excluding diaryl/α,β-unsaturated/α-hetero) is 1. The highest BCUT2D eigenvalue weighted by atomic mass is 31.1. The maximum atomic E-state index is 11.4. The van der Waals surface area contributed by atoms with Gasteiger partial charge in [-0.05, 0) is 11.0 Å². The number of unbranched alkanes of at least 4 members (excludes halogenated alkanes) is 1.